The van der Waals surface area contributed by atoms with Crippen molar-refractivity contribution in [1.29, 1.82) is 0 Å². The molecule has 1 aliphatic rings. The minimum atomic E-state index is -3.42. The molecular weight excluding hydrogens is 340 g/mol. The van der Waals surface area contributed by atoms with Gasteiger partial charge in [0.1, 0.15) is 5.76 Å². The van der Waals surface area contributed by atoms with Gasteiger partial charge in [-0.25, -0.2) is 4.99 Å². The van der Waals surface area contributed by atoms with Crippen LogP contribution in [0.5, 0.6) is 0 Å². The predicted octanol–water partition coefficient (Wildman–Crippen LogP) is 5.19. The highest BCUT2D eigenvalue weighted by atomic mass is 79.9. The molecular formula is C16H10BrF2NO. The molecule has 21 heavy (non-hydrogen) atoms. The molecule has 1 heterocycles. The van der Waals surface area contributed by atoms with Gasteiger partial charge in [0.25, 0.3) is 0 Å². The summed E-state index contributed by atoms with van der Waals surface area (Å²) in [5.74, 6) is 0.113. The zero-order valence-corrected chi connectivity index (χ0v) is 12.3. The maximum atomic E-state index is 13.9. The lowest BCUT2D eigenvalue weighted by molar-refractivity contribution is -0.125. The van der Waals surface area contributed by atoms with E-state index in [9.17, 15) is 8.78 Å². The van der Waals surface area contributed by atoms with Gasteiger partial charge in [-0.05, 0) is 24.3 Å². The second-order valence-electron chi connectivity index (χ2n) is 4.47. The molecule has 0 saturated heterocycles. The Morgan fingerprint density at radius 1 is 0.952 bits per heavy atom. The standard InChI is InChI=1S/C16H10BrF2NO/c17-12-8-6-11(7-9-12)14-10-15(16(18,19)21-14)20-13-4-2-1-3-5-13/h1-10H. The van der Waals surface area contributed by atoms with E-state index in [4.69, 9.17) is 4.74 Å². The van der Waals surface area contributed by atoms with E-state index in [1.54, 1.807) is 54.6 Å². The molecule has 0 spiro atoms. The number of halogens is 3. The third kappa shape index (κ3) is 3.03. The highest BCUT2D eigenvalue weighted by Gasteiger charge is 2.44. The van der Waals surface area contributed by atoms with Crippen LogP contribution in [0, 0.1) is 0 Å². The zero-order chi connectivity index (χ0) is 14.9. The van der Waals surface area contributed by atoms with Gasteiger partial charge in [-0.1, -0.05) is 46.3 Å². The number of benzene rings is 2. The highest BCUT2D eigenvalue weighted by molar-refractivity contribution is 9.10. The SMILES string of the molecule is FC1(F)OC(c2ccc(Br)cc2)=CC1=Nc1ccccc1. The van der Waals surface area contributed by atoms with E-state index in [2.05, 4.69) is 20.9 Å². The van der Waals surface area contributed by atoms with Crippen molar-refractivity contribution in [3.05, 3.63) is 70.7 Å². The second kappa shape index (κ2) is 5.41. The molecule has 2 aromatic carbocycles. The Morgan fingerprint density at radius 3 is 2.29 bits per heavy atom. The van der Waals surface area contributed by atoms with Crippen LogP contribution < -0.4 is 0 Å². The van der Waals surface area contributed by atoms with E-state index >= 15 is 0 Å². The van der Waals surface area contributed by atoms with Crippen molar-refractivity contribution >= 4 is 33.1 Å². The first-order chi connectivity index (χ1) is 10.0. The second-order valence-corrected chi connectivity index (χ2v) is 5.38. The van der Waals surface area contributed by atoms with Crippen molar-refractivity contribution < 1.29 is 13.5 Å². The predicted molar refractivity (Wildman–Crippen MR) is 81.7 cm³/mol. The molecule has 106 valence electrons. The van der Waals surface area contributed by atoms with Crippen molar-refractivity contribution in [1.82, 2.24) is 0 Å². The van der Waals surface area contributed by atoms with Gasteiger partial charge in [0.2, 0.25) is 0 Å². The topological polar surface area (TPSA) is 21.6 Å². The number of hydrogen-bond acceptors (Lipinski definition) is 2. The number of aliphatic imine (C=N–C) groups is 1. The van der Waals surface area contributed by atoms with Crippen LogP contribution in [-0.4, -0.2) is 11.8 Å². The normalized spacial score (nSPS) is 18.4. The van der Waals surface area contributed by atoms with E-state index in [1.165, 1.54) is 6.08 Å². The van der Waals surface area contributed by atoms with Crippen LogP contribution in [0.15, 0.2) is 70.1 Å². The Hall–Kier alpha value is -2.01. The summed E-state index contributed by atoms with van der Waals surface area (Å²) >= 11 is 3.30. The smallest absolute Gasteiger partial charge is 0.427 e. The molecule has 0 aromatic heterocycles. The van der Waals surface area contributed by atoms with Gasteiger partial charge >= 0.3 is 6.11 Å². The minimum absolute atomic E-state index is 0.113. The van der Waals surface area contributed by atoms with Crippen LogP contribution in [0.2, 0.25) is 0 Å². The number of nitrogens with zero attached hydrogens (tertiary/aromatic N) is 1. The summed E-state index contributed by atoms with van der Waals surface area (Å²) in [7, 11) is 0. The molecule has 0 aliphatic carbocycles. The summed E-state index contributed by atoms with van der Waals surface area (Å²) in [6.45, 7) is 0. The summed E-state index contributed by atoms with van der Waals surface area (Å²) < 4.78 is 33.4. The van der Waals surface area contributed by atoms with E-state index < -0.39 is 11.8 Å². The van der Waals surface area contributed by atoms with Crippen molar-refractivity contribution in [3.63, 3.8) is 0 Å². The molecule has 0 amide bonds. The van der Waals surface area contributed by atoms with E-state index in [0.29, 0.717) is 11.3 Å². The molecule has 0 bridgehead atoms. The van der Waals surface area contributed by atoms with E-state index in [-0.39, 0.29) is 5.76 Å². The molecule has 2 nitrogen and oxygen atoms in total. The lowest BCUT2D eigenvalue weighted by atomic mass is 10.2. The first kappa shape index (κ1) is 13.9. The maximum absolute atomic E-state index is 13.9. The van der Waals surface area contributed by atoms with Crippen LogP contribution >= 0.6 is 15.9 Å². The fourth-order valence-electron chi connectivity index (χ4n) is 1.92. The quantitative estimate of drug-likeness (QED) is 0.731. The van der Waals surface area contributed by atoms with Crippen LogP contribution in [0.3, 0.4) is 0 Å². The maximum Gasteiger partial charge on any atom is 0.444 e. The summed E-state index contributed by atoms with van der Waals surface area (Å²) in [6, 6.07) is 15.6. The van der Waals surface area contributed by atoms with Gasteiger partial charge in [-0.15, -0.1) is 0 Å². The Morgan fingerprint density at radius 2 is 1.62 bits per heavy atom. The number of alkyl halides is 2. The summed E-state index contributed by atoms with van der Waals surface area (Å²) in [5, 5.41) is 0. The summed E-state index contributed by atoms with van der Waals surface area (Å²) in [5.41, 5.74) is 0.645. The van der Waals surface area contributed by atoms with Gasteiger partial charge in [-0.2, -0.15) is 8.78 Å². The fraction of sp³-hybridized carbons (Fsp3) is 0.0625. The Labute approximate surface area is 128 Å². The van der Waals surface area contributed by atoms with Crippen molar-refractivity contribution in [2.45, 2.75) is 6.11 Å². The van der Waals surface area contributed by atoms with Gasteiger partial charge < -0.3 is 4.74 Å². The monoisotopic (exact) mass is 349 g/mol. The number of ether oxygens (including phenoxy) is 1. The molecule has 0 atom stereocenters. The van der Waals surface area contributed by atoms with Gasteiger partial charge in [0.15, 0.2) is 5.71 Å². The van der Waals surface area contributed by atoms with Crippen LogP contribution in [0.4, 0.5) is 14.5 Å². The molecule has 1 aliphatic heterocycles. The third-order valence-electron chi connectivity index (χ3n) is 2.94. The number of rotatable bonds is 2. The zero-order valence-electron chi connectivity index (χ0n) is 10.8. The average molecular weight is 350 g/mol. The Kier molecular flexibility index (Phi) is 3.59. The van der Waals surface area contributed by atoms with Crippen LogP contribution in [0.1, 0.15) is 5.56 Å². The summed E-state index contributed by atoms with van der Waals surface area (Å²) in [6.07, 6.45) is -2.14. The van der Waals surface area contributed by atoms with Crippen molar-refractivity contribution in [3.8, 4) is 0 Å². The van der Waals surface area contributed by atoms with Gasteiger partial charge in [0, 0.05) is 16.1 Å². The third-order valence-corrected chi connectivity index (χ3v) is 3.47. The fourth-order valence-corrected chi connectivity index (χ4v) is 2.19. The largest absolute Gasteiger partial charge is 0.444 e. The first-order valence-corrected chi connectivity index (χ1v) is 7.02. The number of para-hydroxylation sites is 1. The van der Waals surface area contributed by atoms with Crippen molar-refractivity contribution in [2.24, 2.45) is 4.99 Å². The molecule has 2 aromatic rings. The first-order valence-electron chi connectivity index (χ1n) is 6.23. The lowest BCUT2D eigenvalue weighted by Gasteiger charge is -2.12. The number of hydrogen-bond donors (Lipinski definition) is 0. The van der Waals surface area contributed by atoms with Crippen molar-refractivity contribution in [2.75, 3.05) is 0 Å². The Balaban J connectivity index is 1.97. The molecule has 0 N–H and O–H groups in total. The molecule has 3 rings (SSSR count). The van der Waals surface area contributed by atoms with Gasteiger partial charge in [-0.3, -0.25) is 0 Å². The molecule has 0 fully saturated rings. The average Bonchev–Trinajstić information content (AvgIpc) is 2.76. The van der Waals surface area contributed by atoms with Crippen LogP contribution in [-0.2, 0) is 4.74 Å². The molecule has 5 heteroatoms. The Bertz CT molecular complexity index is 709. The minimum Gasteiger partial charge on any atom is -0.427 e. The summed E-state index contributed by atoms with van der Waals surface area (Å²) in [4.78, 5) is 3.96. The lowest BCUT2D eigenvalue weighted by Crippen LogP contribution is -2.24. The molecule has 0 saturated carbocycles. The van der Waals surface area contributed by atoms with Crippen LogP contribution in [0.25, 0.3) is 5.76 Å². The highest BCUT2D eigenvalue weighted by Crippen LogP contribution is 2.36. The van der Waals surface area contributed by atoms with E-state index in [0.717, 1.165) is 4.47 Å². The van der Waals surface area contributed by atoms with E-state index in [1.807, 2.05) is 0 Å². The molecule has 0 unspecified atom stereocenters. The molecule has 0 radical (unpaired) electrons. The van der Waals surface area contributed by atoms with Gasteiger partial charge in [0.05, 0.1) is 5.69 Å².